The Labute approximate surface area is 122 Å². The molecule has 5 heteroatoms. The van der Waals surface area contributed by atoms with Crippen molar-refractivity contribution in [2.45, 2.75) is 26.4 Å². The van der Waals surface area contributed by atoms with Gasteiger partial charge in [0.2, 0.25) is 0 Å². The molecule has 0 atom stereocenters. The normalized spacial score (nSPS) is 10.2. The molecule has 0 bridgehead atoms. The molecule has 0 spiro atoms. The molecule has 0 aliphatic heterocycles. The van der Waals surface area contributed by atoms with Gasteiger partial charge in [-0.15, -0.1) is 0 Å². The van der Waals surface area contributed by atoms with Gasteiger partial charge in [-0.3, -0.25) is 9.13 Å². The zero-order valence-electron chi connectivity index (χ0n) is 11.8. The summed E-state index contributed by atoms with van der Waals surface area (Å²) >= 11 is 0. The number of nitrogens with zero attached hydrogens (tertiary/aromatic N) is 2. The second-order valence-electron chi connectivity index (χ2n) is 4.57. The minimum atomic E-state index is -0.370. The Morgan fingerprint density at radius 3 is 2.71 bits per heavy atom. The van der Waals surface area contributed by atoms with Gasteiger partial charge in [-0.2, -0.15) is 0 Å². The van der Waals surface area contributed by atoms with Crippen LogP contribution in [0.4, 0.5) is 4.39 Å². The zero-order chi connectivity index (χ0) is 15.2. The molecule has 1 heterocycles. The third kappa shape index (κ3) is 3.61. The summed E-state index contributed by atoms with van der Waals surface area (Å²) in [6.45, 7) is 2.82. The highest BCUT2D eigenvalue weighted by molar-refractivity contribution is 5.41. The highest BCUT2D eigenvalue weighted by atomic mass is 19.1. The maximum atomic E-state index is 13.3. The Kier molecular flexibility index (Phi) is 4.96. The van der Waals surface area contributed by atoms with Gasteiger partial charge in [0.15, 0.2) is 0 Å². The molecule has 0 saturated carbocycles. The van der Waals surface area contributed by atoms with Crippen molar-refractivity contribution in [3.05, 3.63) is 58.0 Å². The quantitative estimate of drug-likeness (QED) is 0.869. The van der Waals surface area contributed by atoms with Crippen LogP contribution in [-0.4, -0.2) is 20.8 Å². The SMILES string of the molecule is CCn1ccn(Cc2ccc(F)cc2C#CCCO)c1=O. The summed E-state index contributed by atoms with van der Waals surface area (Å²) in [5, 5.41) is 8.74. The molecule has 0 radical (unpaired) electrons. The number of benzene rings is 1. The monoisotopic (exact) mass is 288 g/mol. The van der Waals surface area contributed by atoms with Gasteiger partial charge in [-0.25, -0.2) is 9.18 Å². The Hall–Kier alpha value is -2.32. The Morgan fingerprint density at radius 2 is 2.05 bits per heavy atom. The maximum Gasteiger partial charge on any atom is 0.328 e. The highest BCUT2D eigenvalue weighted by Gasteiger charge is 2.06. The van der Waals surface area contributed by atoms with Gasteiger partial charge in [0, 0.05) is 30.9 Å². The molecule has 0 saturated heterocycles. The molecule has 1 aromatic heterocycles. The Bertz CT molecular complexity index is 735. The number of aliphatic hydroxyl groups excluding tert-OH is 1. The first-order valence-electron chi connectivity index (χ1n) is 6.79. The molecule has 4 nitrogen and oxygen atoms in total. The van der Waals surface area contributed by atoms with Gasteiger partial charge < -0.3 is 5.11 Å². The van der Waals surface area contributed by atoms with Crippen LogP contribution in [0.15, 0.2) is 35.4 Å². The lowest BCUT2D eigenvalue weighted by molar-refractivity contribution is 0.305. The van der Waals surface area contributed by atoms with E-state index in [1.165, 1.54) is 12.1 Å². The van der Waals surface area contributed by atoms with Gasteiger partial charge in [-0.05, 0) is 24.6 Å². The van der Waals surface area contributed by atoms with E-state index in [1.54, 1.807) is 27.6 Å². The topological polar surface area (TPSA) is 47.2 Å². The van der Waals surface area contributed by atoms with E-state index in [4.69, 9.17) is 5.11 Å². The van der Waals surface area contributed by atoms with E-state index < -0.39 is 0 Å². The van der Waals surface area contributed by atoms with Crippen molar-refractivity contribution < 1.29 is 9.50 Å². The summed E-state index contributed by atoms with van der Waals surface area (Å²) in [5.74, 6) is 5.25. The lowest BCUT2D eigenvalue weighted by Gasteiger charge is -2.05. The second kappa shape index (κ2) is 6.91. The first-order chi connectivity index (χ1) is 10.2. The molecular formula is C16H17FN2O2. The fraction of sp³-hybridized carbons (Fsp3) is 0.312. The summed E-state index contributed by atoms with van der Waals surface area (Å²) in [5.41, 5.74) is 1.22. The summed E-state index contributed by atoms with van der Waals surface area (Å²) in [7, 11) is 0. The van der Waals surface area contributed by atoms with Crippen molar-refractivity contribution in [2.75, 3.05) is 6.61 Å². The second-order valence-corrected chi connectivity index (χ2v) is 4.57. The average molecular weight is 288 g/mol. The summed E-state index contributed by atoms with van der Waals surface area (Å²) in [4.78, 5) is 12.0. The standard InChI is InChI=1S/C16H17FN2O2/c1-2-18-8-9-19(16(18)21)12-14-6-7-15(17)11-13(14)5-3-4-10-20/h6-9,11,20H,2,4,10,12H2,1H3. The van der Waals surface area contributed by atoms with E-state index in [9.17, 15) is 9.18 Å². The lowest BCUT2D eigenvalue weighted by atomic mass is 10.1. The van der Waals surface area contributed by atoms with Crippen molar-refractivity contribution in [2.24, 2.45) is 0 Å². The lowest BCUT2D eigenvalue weighted by Crippen LogP contribution is -2.24. The summed E-state index contributed by atoms with van der Waals surface area (Å²) < 4.78 is 16.5. The molecule has 21 heavy (non-hydrogen) atoms. The van der Waals surface area contributed by atoms with E-state index in [0.717, 1.165) is 5.56 Å². The minimum absolute atomic E-state index is 0.0313. The molecule has 2 aromatic rings. The maximum absolute atomic E-state index is 13.3. The van der Waals surface area contributed by atoms with Crippen molar-refractivity contribution in [3.63, 3.8) is 0 Å². The number of hydrogen-bond donors (Lipinski definition) is 1. The van der Waals surface area contributed by atoms with Crippen molar-refractivity contribution in [3.8, 4) is 11.8 Å². The Balaban J connectivity index is 2.33. The zero-order valence-corrected chi connectivity index (χ0v) is 11.8. The minimum Gasteiger partial charge on any atom is -0.395 e. The van der Waals surface area contributed by atoms with E-state index in [0.29, 0.717) is 25.1 Å². The van der Waals surface area contributed by atoms with Gasteiger partial charge >= 0.3 is 5.69 Å². The molecule has 0 fully saturated rings. The van der Waals surface area contributed by atoms with Crippen molar-refractivity contribution >= 4 is 0 Å². The van der Waals surface area contributed by atoms with Crippen LogP contribution in [0.5, 0.6) is 0 Å². The molecule has 1 aromatic carbocycles. The molecular weight excluding hydrogens is 271 g/mol. The van der Waals surface area contributed by atoms with E-state index in [2.05, 4.69) is 11.8 Å². The molecule has 0 amide bonds. The van der Waals surface area contributed by atoms with Crippen LogP contribution < -0.4 is 5.69 Å². The number of aryl methyl sites for hydroxylation is 1. The predicted octanol–water partition coefficient (Wildman–Crippen LogP) is 1.59. The number of hydrogen-bond acceptors (Lipinski definition) is 2. The number of aliphatic hydroxyl groups is 1. The average Bonchev–Trinajstić information content (AvgIpc) is 2.82. The van der Waals surface area contributed by atoms with Gasteiger partial charge in [0.1, 0.15) is 5.82 Å². The number of halogens is 1. The largest absolute Gasteiger partial charge is 0.395 e. The fourth-order valence-corrected chi connectivity index (χ4v) is 2.01. The summed E-state index contributed by atoms with van der Waals surface area (Å²) in [6, 6.07) is 4.34. The molecule has 1 N–H and O–H groups in total. The van der Waals surface area contributed by atoms with Crippen molar-refractivity contribution in [1.82, 2.24) is 9.13 Å². The van der Waals surface area contributed by atoms with Crippen LogP contribution >= 0.6 is 0 Å². The smallest absolute Gasteiger partial charge is 0.328 e. The molecule has 110 valence electrons. The van der Waals surface area contributed by atoms with Crippen LogP contribution in [-0.2, 0) is 13.1 Å². The van der Waals surface area contributed by atoms with Crippen LogP contribution in [0.1, 0.15) is 24.5 Å². The Morgan fingerprint density at radius 1 is 1.29 bits per heavy atom. The predicted molar refractivity (Wildman–Crippen MR) is 78.4 cm³/mol. The number of aromatic nitrogens is 2. The van der Waals surface area contributed by atoms with Crippen LogP contribution in [0.2, 0.25) is 0 Å². The third-order valence-electron chi connectivity index (χ3n) is 3.13. The van der Waals surface area contributed by atoms with Gasteiger partial charge in [-0.1, -0.05) is 17.9 Å². The first kappa shape index (κ1) is 15.1. The molecule has 2 rings (SSSR count). The molecule has 0 aliphatic rings. The number of rotatable bonds is 4. The summed E-state index contributed by atoms with van der Waals surface area (Å²) in [6.07, 6.45) is 3.77. The fourth-order valence-electron chi connectivity index (χ4n) is 2.01. The van der Waals surface area contributed by atoms with Crippen LogP contribution in [0.25, 0.3) is 0 Å². The van der Waals surface area contributed by atoms with E-state index >= 15 is 0 Å². The van der Waals surface area contributed by atoms with E-state index in [1.807, 2.05) is 6.92 Å². The van der Waals surface area contributed by atoms with Gasteiger partial charge in [0.25, 0.3) is 0 Å². The molecule has 0 unspecified atom stereocenters. The van der Waals surface area contributed by atoms with Crippen molar-refractivity contribution in [1.29, 1.82) is 0 Å². The molecule has 0 aliphatic carbocycles. The van der Waals surface area contributed by atoms with E-state index in [-0.39, 0.29) is 18.1 Å². The third-order valence-corrected chi connectivity index (χ3v) is 3.13. The van der Waals surface area contributed by atoms with Gasteiger partial charge in [0.05, 0.1) is 13.2 Å². The number of imidazole rings is 1. The first-order valence-corrected chi connectivity index (χ1v) is 6.79. The van der Waals surface area contributed by atoms with Crippen LogP contribution in [0, 0.1) is 17.7 Å². The highest BCUT2D eigenvalue weighted by Crippen LogP contribution is 2.11. The van der Waals surface area contributed by atoms with Crippen LogP contribution in [0.3, 0.4) is 0 Å².